The number of fused-ring (bicyclic) bond motifs is 3. The van der Waals surface area contributed by atoms with E-state index in [2.05, 4.69) is 10.3 Å². The molecule has 4 rings (SSSR count). The van der Waals surface area contributed by atoms with Crippen LogP contribution in [0, 0.1) is 16.2 Å². The smallest absolute Gasteiger partial charge is 0.240 e. The third-order valence-electron chi connectivity index (χ3n) is 6.44. The molecule has 1 amide bonds. The van der Waals surface area contributed by atoms with Crippen LogP contribution >= 0.6 is 11.3 Å². The van der Waals surface area contributed by atoms with Gasteiger partial charge in [-0.3, -0.25) is 14.4 Å². The van der Waals surface area contributed by atoms with Crippen molar-refractivity contribution in [1.82, 2.24) is 4.98 Å². The van der Waals surface area contributed by atoms with Crippen LogP contribution in [-0.2, 0) is 14.4 Å². The Hall–Kier alpha value is -2.08. The molecule has 2 aliphatic rings. The van der Waals surface area contributed by atoms with Gasteiger partial charge in [-0.15, -0.1) is 0 Å². The first-order valence-electron chi connectivity index (χ1n) is 8.00. The number of thiazole rings is 1. The summed E-state index contributed by atoms with van der Waals surface area (Å²) >= 11 is 1.37. The molecule has 1 N–H and O–H groups in total. The van der Waals surface area contributed by atoms with Crippen molar-refractivity contribution in [2.75, 3.05) is 5.32 Å². The highest BCUT2D eigenvalue weighted by Gasteiger charge is 2.77. The number of para-hydroxylation sites is 1. The predicted octanol–water partition coefficient (Wildman–Crippen LogP) is 3.20. The van der Waals surface area contributed by atoms with Crippen molar-refractivity contribution in [3.63, 3.8) is 0 Å². The number of rotatable bonds is 2. The normalized spacial score (nSPS) is 31.0. The molecule has 6 heteroatoms. The van der Waals surface area contributed by atoms with Crippen LogP contribution in [0.1, 0.15) is 33.6 Å². The zero-order valence-corrected chi connectivity index (χ0v) is 14.6. The number of carbonyl (C=O) groups excluding carboxylic acids is 3. The highest BCUT2D eigenvalue weighted by Crippen LogP contribution is 2.69. The standard InChI is InChI=1S/C18H18N2O3S/c1-16(2)17(3)8-9-18(16,13(22)12(17)21)14(23)20-15-19-10-6-4-5-7-11(10)24-15/h4-7H,8-9H2,1-3H3,(H,19,20,23). The Morgan fingerprint density at radius 2 is 1.83 bits per heavy atom. The highest BCUT2D eigenvalue weighted by molar-refractivity contribution is 7.22. The van der Waals surface area contributed by atoms with Gasteiger partial charge in [0.15, 0.2) is 5.13 Å². The summed E-state index contributed by atoms with van der Waals surface area (Å²) in [7, 11) is 0. The Bertz CT molecular complexity index is 883. The lowest BCUT2D eigenvalue weighted by Crippen LogP contribution is -2.47. The van der Waals surface area contributed by atoms with Crippen LogP contribution in [0.5, 0.6) is 0 Å². The number of nitrogens with one attached hydrogen (secondary N) is 1. The fourth-order valence-corrected chi connectivity index (χ4v) is 5.26. The molecule has 124 valence electrons. The van der Waals surface area contributed by atoms with Gasteiger partial charge < -0.3 is 5.32 Å². The number of hydrogen-bond donors (Lipinski definition) is 1. The summed E-state index contributed by atoms with van der Waals surface area (Å²) in [4.78, 5) is 42.6. The fourth-order valence-electron chi connectivity index (χ4n) is 4.40. The van der Waals surface area contributed by atoms with Crippen molar-refractivity contribution in [1.29, 1.82) is 0 Å². The second-order valence-corrected chi connectivity index (χ2v) is 8.49. The van der Waals surface area contributed by atoms with Crippen LogP contribution in [0.3, 0.4) is 0 Å². The molecule has 5 nitrogen and oxygen atoms in total. The summed E-state index contributed by atoms with van der Waals surface area (Å²) < 4.78 is 0.967. The van der Waals surface area contributed by atoms with Crippen LogP contribution in [-0.4, -0.2) is 22.5 Å². The molecule has 0 saturated heterocycles. The van der Waals surface area contributed by atoms with E-state index < -0.39 is 33.7 Å². The Kier molecular flexibility index (Phi) is 2.90. The van der Waals surface area contributed by atoms with Gasteiger partial charge in [-0.05, 0) is 30.4 Å². The molecule has 2 atom stereocenters. The van der Waals surface area contributed by atoms with Crippen LogP contribution < -0.4 is 5.32 Å². The van der Waals surface area contributed by atoms with Gasteiger partial charge in [0, 0.05) is 5.41 Å². The van der Waals surface area contributed by atoms with E-state index in [0.717, 1.165) is 10.2 Å². The van der Waals surface area contributed by atoms with Gasteiger partial charge in [0.1, 0.15) is 5.41 Å². The molecule has 2 fully saturated rings. The van der Waals surface area contributed by atoms with Crippen molar-refractivity contribution >= 4 is 44.2 Å². The molecule has 0 radical (unpaired) electrons. The Morgan fingerprint density at radius 1 is 1.12 bits per heavy atom. The Labute approximate surface area is 143 Å². The molecule has 2 unspecified atom stereocenters. The highest BCUT2D eigenvalue weighted by atomic mass is 32.1. The van der Waals surface area contributed by atoms with Crippen LogP contribution in [0.25, 0.3) is 10.2 Å². The molecule has 2 bridgehead atoms. The first kappa shape index (κ1) is 15.4. The maximum absolute atomic E-state index is 13.1. The minimum atomic E-state index is -1.28. The third kappa shape index (κ3) is 1.55. The topological polar surface area (TPSA) is 76.1 Å². The molecule has 2 aliphatic carbocycles. The van der Waals surface area contributed by atoms with Gasteiger partial charge in [-0.2, -0.15) is 0 Å². The van der Waals surface area contributed by atoms with Gasteiger partial charge in [0.2, 0.25) is 17.5 Å². The van der Waals surface area contributed by atoms with E-state index in [1.807, 2.05) is 45.0 Å². The number of carbonyl (C=O) groups is 3. The van der Waals surface area contributed by atoms with Crippen molar-refractivity contribution in [2.24, 2.45) is 16.2 Å². The zero-order valence-electron chi connectivity index (χ0n) is 13.8. The molecule has 24 heavy (non-hydrogen) atoms. The first-order chi connectivity index (χ1) is 11.2. The van der Waals surface area contributed by atoms with Crippen molar-refractivity contribution in [2.45, 2.75) is 33.6 Å². The zero-order chi connectivity index (χ0) is 17.3. The maximum atomic E-state index is 13.1. The summed E-state index contributed by atoms with van der Waals surface area (Å²) in [5, 5.41) is 3.28. The Morgan fingerprint density at radius 3 is 2.46 bits per heavy atom. The molecule has 0 spiro atoms. The second kappa shape index (κ2) is 4.51. The lowest BCUT2D eigenvalue weighted by molar-refractivity contribution is -0.147. The minimum absolute atomic E-state index is 0.397. The van der Waals surface area contributed by atoms with Gasteiger partial charge in [0.05, 0.1) is 10.2 Å². The molecule has 1 aromatic carbocycles. The average Bonchev–Trinajstić information content (AvgIpc) is 3.06. The van der Waals surface area contributed by atoms with Crippen LogP contribution in [0.15, 0.2) is 24.3 Å². The summed E-state index contributed by atoms with van der Waals surface area (Å²) in [6.07, 6.45) is 0.982. The monoisotopic (exact) mass is 342 g/mol. The van der Waals surface area contributed by atoms with Gasteiger partial charge >= 0.3 is 0 Å². The van der Waals surface area contributed by atoms with E-state index in [4.69, 9.17) is 0 Å². The number of hydrogen-bond acceptors (Lipinski definition) is 5. The molecular formula is C18H18N2O3S. The lowest BCUT2D eigenvalue weighted by Gasteiger charge is -2.36. The maximum Gasteiger partial charge on any atom is 0.240 e. The van der Waals surface area contributed by atoms with Gasteiger partial charge in [-0.1, -0.05) is 44.2 Å². The van der Waals surface area contributed by atoms with E-state index >= 15 is 0 Å². The molecule has 0 aliphatic heterocycles. The van der Waals surface area contributed by atoms with Gasteiger partial charge in [0.25, 0.3) is 0 Å². The molecule has 1 heterocycles. The number of benzene rings is 1. The fraction of sp³-hybridized carbons (Fsp3) is 0.444. The largest absolute Gasteiger partial charge is 0.301 e. The quantitative estimate of drug-likeness (QED) is 0.672. The molecule has 1 aromatic heterocycles. The average molecular weight is 342 g/mol. The first-order valence-corrected chi connectivity index (χ1v) is 8.82. The molecule has 2 aromatic rings. The summed E-state index contributed by atoms with van der Waals surface area (Å²) in [5.74, 6) is -1.34. The second-order valence-electron chi connectivity index (χ2n) is 7.46. The predicted molar refractivity (Wildman–Crippen MR) is 91.8 cm³/mol. The molecular weight excluding hydrogens is 324 g/mol. The van der Waals surface area contributed by atoms with Gasteiger partial charge in [-0.25, -0.2) is 4.98 Å². The van der Waals surface area contributed by atoms with Crippen LogP contribution in [0.2, 0.25) is 0 Å². The van der Waals surface area contributed by atoms with E-state index in [0.29, 0.717) is 18.0 Å². The number of nitrogens with zero attached hydrogens (tertiary/aromatic N) is 1. The Balaban J connectivity index is 1.74. The number of aromatic nitrogens is 1. The molecule has 2 saturated carbocycles. The third-order valence-corrected chi connectivity index (χ3v) is 7.40. The number of ketones is 2. The van der Waals surface area contributed by atoms with E-state index in [1.165, 1.54) is 11.3 Å². The number of anilines is 1. The SMILES string of the molecule is CC12CCC(C(=O)Nc3nc4ccccc4s3)(C(=O)C1=O)C2(C)C. The summed E-state index contributed by atoms with van der Waals surface area (Å²) in [6.45, 7) is 5.54. The number of amides is 1. The summed E-state index contributed by atoms with van der Waals surface area (Å²) in [6, 6.07) is 7.61. The lowest BCUT2D eigenvalue weighted by atomic mass is 9.64. The van der Waals surface area contributed by atoms with Crippen molar-refractivity contribution in [3.8, 4) is 0 Å². The van der Waals surface area contributed by atoms with Crippen molar-refractivity contribution in [3.05, 3.63) is 24.3 Å². The number of Topliss-reactive ketones (excluding diaryl/α,β-unsaturated/α-hetero) is 2. The van der Waals surface area contributed by atoms with Crippen molar-refractivity contribution < 1.29 is 14.4 Å². The van der Waals surface area contributed by atoms with Crippen LogP contribution in [0.4, 0.5) is 5.13 Å². The summed E-state index contributed by atoms with van der Waals surface area (Å²) in [5.41, 5.74) is -1.93. The van der Waals surface area contributed by atoms with E-state index in [1.54, 1.807) is 0 Å². The van der Waals surface area contributed by atoms with E-state index in [9.17, 15) is 14.4 Å². The van der Waals surface area contributed by atoms with E-state index in [-0.39, 0.29) is 0 Å². The minimum Gasteiger partial charge on any atom is -0.301 e.